The summed E-state index contributed by atoms with van der Waals surface area (Å²) >= 11 is 1.52. The Balaban J connectivity index is 1.43. The van der Waals surface area contributed by atoms with Crippen molar-refractivity contribution in [2.45, 2.75) is 6.42 Å². The van der Waals surface area contributed by atoms with Gasteiger partial charge in [0, 0.05) is 29.5 Å². The number of carbonyl (C=O) groups is 1. The zero-order chi connectivity index (χ0) is 17.9. The highest BCUT2D eigenvalue weighted by atomic mass is 32.1. The highest BCUT2D eigenvalue weighted by molar-refractivity contribution is 7.15. The van der Waals surface area contributed by atoms with Crippen molar-refractivity contribution in [2.75, 3.05) is 6.54 Å². The van der Waals surface area contributed by atoms with Crippen molar-refractivity contribution in [1.29, 1.82) is 0 Å². The second-order valence-corrected chi connectivity index (χ2v) is 6.57. The van der Waals surface area contributed by atoms with Crippen molar-refractivity contribution in [2.24, 2.45) is 0 Å². The summed E-state index contributed by atoms with van der Waals surface area (Å²) in [5.74, 6) is 0.108. The van der Waals surface area contributed by atoms with Gasteiger partial charge in [-0.1, -0.05) is 30.3 Å². The molecule has 5 nitrogen and oxygen atoms in total. The Bertz CT molecular complexity index is 1040. The summed E-state index contributed by atoms with van der Waals surface area (Å²) in [7, 11) is 0. The number of benzene rings is 2. The van der Waals surface area contributed by atoms with E-state index < -0.39 is 0 Å². The number of thiazole rings is 1. The zero-order valence-electron chi connectivity index (χ0n) is 13.7. The monoisotopic (exact) mass is 366 g/mol. The molecular formula is C19H15FN4OS. The third kappa shape index (κ3) is 3.34. The number of hydrogen-bond acceptors (Lipinski definition) is 4. The molecule has 0 spiro atoms. The minimum Gasteiger partial charge on any atom is -0.352 e. The van der Waals surface area contributed by atoms with Crippen LogP contribution < -0.4 is 5.32 Å². The third-order valence-electron chi connectivity index (χ3n) is 3.95. The van der Waals surface area contributed by atoms with Crippen LogP contribution in [0.2, 0.25) is 0 Å². The molecule has 2 heterocycles. The quantitative estimate of drug-likeness (QED) is 0.587. The number of hydrogen-bond donors (Lipinski definition) is 1. The Morgan fingerprint density at radius 3 is 2.65 bits per heavy atom. The molecule has 0 saturated carbocycles. The maximum atomic E-state index is 12.9. The van der Waals surface area contributed by atoms with Crippen LogP contribution in [0.5, 0.6) is 0 Å². The van der Waals surface area contributed by atoms with Crippen molar-refractivity contribution in [3.8, 4) is 11.4 Å². The van der Waals surface area contributed by atoms with Crippen molar-refractivity contribution >= 4 is 22.2 Å². The maximum Gasteiger partial charge on any atom is 0.251 e. The van der Waals surface area contributed by atoms with E-state index >= 15 is 0 Å². The lowest BCUT2D eigenvalue weighted by molar-refractivity contribution is 0.0954. The molecule has 0 radical (unpaired) electrons. The standard InChI is InChI=1S/C19H15FN4OS/c20-15-8-6-14(7-9-15)18(25)21-11-10-16-12-26-19-22-17(23-24(16)19)13-4-2-1-3-5-13/h1-9,12H,10-11H2,(H,21,25). The number of nitrogens with one attached hydrogen (secondary N) is 1. The van der Waals surface area contributed by atoms with Gasteiger partial charge >= 0.3 is 0 Å². The first-order chi connectivity index (χ1) is 12.7. The third-order valence-corrected chi connectivity index (χ3v) is 4.82. The SMILES string of the molecule is O=C(NCCc1csc2nc(-c3ccccc3)nn12)c1ccc(F)cc1. The summed E-state index contributed by atoms with van der Waals surface area (Å²) in [6.45, 7) is 0.461. The van der Waals surface area contributed by atoms with Gasteiger partial charge in [0.05, 0.1) is 5.69 Å². The van der Waals surface area contributed by atoms with Crippen LogP contribution in [-0.4, -0.2) is 27.0 Å². The van der Waals surface area contributed by atoms with Crippen LogP contribution >= 0.6 is 11.3 Å². The highest BCUT2D eigenvalue weighted by Gasteiger charge is 2.12. The number of rotatable bonds is 5. The summed E-state index contributed by atoms with van der Waals surface area (Å²) in [5.41, 5.74) is 2.40. The molecule has 0 saturated heterocycles. The molecule has 4 aromatic rings. The average Bonchev–Trinajstić information content (AvgIpc) is 3.25. The van der Waals surface area contributed by atoms with E-state index in [0.717, 1.165) is 16.2 Å². The van der Waals surface area contributed by atoms with Gasteiger partial charge in [-0.2, -0.15) is 4.98 Å². The van der Waals surface area contributed by atoms with Gasteiger partial charge in [-0.15, -0.1) is 16.4 Å². The molecule has 1 N–H and O–H groups in total. The lowest BCUT2D eigenvalue weighted by atomic mass is 10.2. The van der Waals surface area contributed by atoms with Crippen molar-refractivity contribution in [3.05, 3.63) is 77.1 Å². The second-order valence-electron chi connectivity index (χ2n) is 5.74. The van der Waals surface area contributed by atoms with E-state index in [1.807, 2.05) is 40.2 Å². The number of carbonyl (C=O) groups excluding carboxylic acids is 1. The first-order valence-corrected chi connectivity index (χ1v) is 9.01. The van der Waals surface area contributed by atoms with Crippen molar-refractivity contribution < 1.29 is 9.18 Å². The van der Waals surface area contributed by atoms with Crippen LogP contribution in [0.25, 0.3) is 16.3 Å². The fraction of sp³-hybridized carbons (Fsp3) is 0.105. The van der Waals surface area contributed by atoms with Crippen LogP contribution in [0.3, 0.4) is 0 Å². The van der Waals surface area contributed by atoms with Crippen LogP contribution in [0.15, 0.2) is 60.0 Å². The van der Waals surface area contributed by atoms with Crippen LogP contribution in [0, 0.1) is 5.82 Å². The molecule has 7 heteroatoms. The van der Waals surface area contributed by atoms with E-state index in [9.17, 15) is 9.18 Å². The van der Waals surface area contributed by atoms with Gasteiger partial charge in [0.25, 0.3) is 5.91 Å². The molecule has 2 aromatic carbocycles. The van der Waals surface area contributed by atoms with E-state index in [1.54, 1.807) is 0 Å². The Morgan fingerprint density at radius 1 is 1.12 bits per heavy atom. The van der Waals surface area contributed by atoms with Crippen LogP contribution in [-0.2, 0) is 6.42 Å². The normalized spacial score (nSPS) is 11.0. The lowest BCUT2D eigenvalue weighted by Gasteiger charge is -2.04. The second kappa shape index (κ2) is 7.05. The number of aromatic nitrogens is 3. The molecule has 0 fully saturated rings. The topological polar surface area (TPSA) is 59.3 Å². The van der Waals surface area contributed by atoms with Gasteiger partial charge in [-0.05, 0) is 24.3 Å². The number of nitrogens with zero attached hydrogens (tertiary/aromatic N) is 3. The zero-order valence-corrected chi connectivity index (χ0v) is 14.5. The fourth-order valence-corrected chi connectivity index (χ4v) is 3.47. The molecule has 2 aromatic heterocycles. The molecule has 0 aliphatic carbocycles. The molecule has 0 aliphatic rings. The predicted molar refractivity (Wildman–Crippen MR) is 98.7 cm³/mol. The minimum atomic E-state index is -0.359. The van der Waals surface area contributed by atoms with Gasteiger partial charge in [-0.25, -0.2) is 8.91 Å². The van der Waals surface area contributed by atoms with Crippen molar-refractivity contribution in [1.82, 2.24) is 19.9 Å². The Labute approximate surface area is 153 Å². The Morgan fingerprint density at radius 2 is 1.88 bits per heavy atom. The molecule has 0 atom stereocenters. The van der Waals surface area contributed by atoms with Crippen molar-refractivity contribution in [3.63, 3.8) is 0 Å². The molecule has 26 heavy (non-hydrogen) atoms. The molecular weight excluding hydrogens is 351 g/mol. The van der Waals surface area contributed by atoms with E-state index in [2.05, 4.69) is 15.4 Å². The molecule has 4 rings (SSSR count). The smallest absolute Gasteiger partial charge is 0.251 e. The molecule has 0 aliphatic heterocycles. The Kier molecular flexibility index (Phi) is 4.45. The van der Waals surface area contributed by atoms with Gasteiger partial charge in [-0.3, -0.25) is 4.79 Å². The fourth-order valence-electron chi connectivity index (χ4n) is 2.61. The predicted octanol–water partition coefficient (Wildman–Crippen LogP) is 3.57. The highest BCUT2D eigenvalue weighted by Crippen LogP contribution is 2.20. The number of amides is 1. The molecule has 0 bridgehead atoms. The van der Waals surface area contributed by atoms with Gasteiger partial charge in [0.2, 0.25) is 4.96 Å². The Hall–Kier alpha value is -3.06. The summed E-state index contributed by atoms with van der Waals surface area (Å²) in [5, 5.41) is 9.41. The summed E-state index contributed by atoms with van der Waals surface area (Å²) in [4.78, 5) is 17.4. The summed E-state index contributed by atoms with van der Waals surface area (Å²) in [6, 6.07) is 15.3. The van der Waals surface area contributed by atoms with Gasteiger partial charge < -0.3 is 5.32 Å². The first kappa shape index (κ1) is 16.4. The maximum absolute atomic E-state index is 12.9. The van der Waals surface area contributed by atoms with E-state index in [1.165, 1.54) is 35.6 Å². The van der Waals surface area contributed by atoms with Crippen LogP contribution in [0.1, 0.15) is 16.1 Å². The molecule has 0 unspecified atom stereocenters. The summed E-state index contributed by atoms with van der Waals surface area (Å²) < 4.78 is 14.7. The van der Waals surface area contributed by atoms with Gasteiger partial charge in [0.15, 0.2) is 5.82 Å². The van der Waals surface area contributed by atoms with E-state index in [0.29, 0.717) is 24.4 Å². The molecule has 130 valence electrons. The average molecular weight is 366 g/mol. The number of fused-ring (bicyclic) bond motifs is 1. The minimum absolute atomic E-state index is 0.222. The number of halogens is 1. The van der Waals surface area contributed by atoms with E-state index in [-0.39, 0.29) is 11.7 Å². The lowest BCUT2D eigenvalue weighted by Crippen LogP contribution is -2.26. The van der Waals surface area contributed by atoms with Crippen LogP contribution in [0.4, 0.5) is 4.39 Å². The first-order valence-electron chi connectivity index (χ1n) is 8.13. The van der Waals surface area contributed by atoms with Gasteiger partial charge in [0.1, 0.15) is 5.82 Å². The molecule has 1 amide bonds. The van der Waals surface area contributed by atoms with E-state index in [4.69, 9.17) is 0 Å². The largest absolute Gasteiger partial charge is 0.352 e. The summed E-state index contributed by atoms with van der Waals surface area (Å²) in [6.07, 6.45) is 0.629.